The van der Waals surface area contributed by atoms with Crippen LogP contribution in [0.5, 0.6) is 0 Å². The number of hydrogen-bond donors (Lipinski definition) is 0. The number of nitrogens with zero attached hydrogens (tertiary/aromatic N) is 2. The van der Waals surface area contributed by atoms with E-state index in [4.69, 9.17) is 11.6 Å². The van der Waals surface area contributed by atoms with Crippen molar-refractivity contribution in [2.24, 2.45) is 0 Å². The molecule has 6 heteroatoms. The van der Waals surface area contributed by atoms with Crippen molar-refractivity contribution in [3.05, 3.63) is 57.7 Å². The highest BCUT2D eigenvalue weighted by Crippen LogP contribution is 2.28. The van der Waals surface area contributed by atoms with Gasteiger partial charge in [0.2, 0.25) is 0 Å². The standard InChI is InChI=1S/C14H6BrClF2N2/c15-7-1-3-10-12(5-7)19-14(20-13(10)16)9-4-2-8(17)6-11(9)18/h1-6H. The second-order valence-corrected chi connectivity index (χ2v) is 5.40. The molecule has 20 heavy (non-hydrogen) atoms. The van der Waals surface area contributed by atoms with Crippen LogP contribution < -0.4 is 0 Å². The highest BCUT2D eigenvalue weighted by atomic mass is 79.9. The number of aromatic nitrogens is 2. The topological polar surface area (TPSA) is 25.8 Å². The minimum absolute atomic E-state index is 0.107. The molecule has 0 fully saturated rings. The average Bonchev–Trinajstić information content (AvgIpc) is 2.37. The Hall–Kier alpha value is -1.59. The summed E-state index contributed by atoms with van der Waals surface area (Å²) in [6.07, 6.45) is 0. The first kappa shape index (κ1) is 13.4. The first-order chi connectivity index (χ1) is 9.54. The Morgan fingerprint density at radius 3 is 2.55 bits per heavy atom. The SMILES string of the molecule is Fc1ccc(-c2nc(Cl)c3ccc(Br)cc3n2)c(F)c1. The van der Waals surface area contributed by atoms with E-state index in [1.807, 2.05) is 6.07 Å². The van der Waals surface area contributed by atoms with E-state index in [1.54, 1.807) is 12.1 Å². The molecule has 0 aliphatic carbocycles. The van der Waals surface area contributed by atoms with E-state index in [0.29, 0.717) is 10.9 Å². The lowest BCUT2D eigenvalue weighted by molar-refractivity contribution is 0.585. The summed E-state index contributed by atoms with van der Waals surface area (Å²) in [7, 11) is 0. The van der Waals surface area contributed by atoms with Crippen molar-refractivity contribution in [1.82, 2.24) is 9.97 Å². The van der Waals surface area contributed by atoms with Crippen molar-refractivity contribution < 1.29 is 8.78 Å². The lowest BCUT2D eigenvalue weighted by atomic mass is 10.2. The summed E-state index contributed by atoms with van der Waals surface area (Å²) in [4.78, 5) is 8.34. The van der Waals surface area contributed by atoms with Gasteiger partial charge in [0.1, 0.15) is 16.8 Å². The van der Waals surface area contributed by atoms with E-state index in [2.05, 4.69) is 25.9 Å². The maximum atomic E-state index is 13.8. The number of fused-ring (bicyclic) bond motifs is 1. The monoisotopic (exact) mass is 354 g/mol. The van der Waals surface area contributed by atoms with Gasteiger partial charge in [0, 0.05) is 15.9 Å². The van der Waals surface area contributed by atoms with Gasteiger partial charge in [-0.2, -0.15) is 0 Å². The Morgan fingerprint density at radius 2 is 1.80 bits per heavy atom. The zero-order valence-electron chi connectivity index (χ0n) is 9.87. The third kappa shape index (κ3) is 2.39. The number of hydrogen-bond acceptors (Lipinski definition) is 2. The fourth-order valence-corrected chi connectivity index (χ4v) is 2.44. The maximum absolute atomic E-state index is 13.8. The van der Waals surface area contributed by atoms with Crippen LogP contribution in [0.3, 0.4) is 0 Å². The molecule has 1 heterocycles. The molecule has 100 valence electrons. The molecule has 0 amide bonds. The summed E-state index contributed by atoms with van der Waals surface area (Å²) in [5, 5.41) is 0.891. The molecule has 0 saturated carbocycles. The van der Waals surface area contributed by atoms with Crippen LogP contribution in [0.2, 0.25) is 5.15 Å². The fraction of sp³-hybridized carbons (Fsp3) is 0. The van der Waals surface area contributed by atoms with Gasteiger partial charge in [-0.3, -0.25) is 0 Å². The predicted molar refractivity (Wildman–Crippen MR) is 77.6 cm³/mol. The largest absolute Gasteiger partial charge is 0.228 e. The van der Waals surface area contributed by atoms with E-state index < -0.39 is 11.6 Å². The molecule has 0 atom stereocenters. The van der Waals surface area contributed by atoms with Crippen LogP contribution in [0, 0.1) is 11.6 Å². The minimum atomic E-state index is -0.726. The second kappa shape index (κ2) is 5.07. The number of benzene rings is 2. The molecule has 0 aliphatic heterocycles. The molecule has 3 rings (SSSR count). The summed E-state index contributed by atoms with van der Waals surface area (Å²) in [5.41, 5.74) is 0.688. The van der Waals surface area contributed by atoms with Crippen LogP contribution in [0.15, 0.2) is 40.9 Å². The smallest absolute Gasteiger partial charge is 0.164 e. The highest BCUT2D eigenvalue weighted by molar-refractivity contribution is 9.10. The quantitative estimate of drug-likeness (QED) is 0.575. The summed E-state index contributed by atoms with van der Waals surface area (Å²) < 4.78 is 27.5. The van der Waals surface area contributed by atoms with Gasteiger partial charge in [0.15, 0.2) is 5.82 Å². The first-order valence-electron chi connectivity index (χ1n) is 5.63. The van der Waals surface area contributed by atoms with Crippen LogP contribution in [-0.4, -0.2) is 9.97 Å². The summed E-state index contributed by atoms with van der Waals surface area (Å²) >= 11 is 9.42. The zero-order chi connectivity index (χ0) is 14.3. The van der Waals surface area contributed by atoms with Gasteiger partial charge in [-0.1, -0.05) is 27.5 Å². The number of halogens is 4. The van der Waals surface area contributed by atoms with Crippen molar-refractivity contribution in [1.29, 1.82) is 0 Å². The Morgan fingerprint density at radius 1 is 1.00 bits per heavy atom. The van der Waals surface area contributed by atoms with Gasteiger partial charge in [0.25, 0.3) is 0 Å². The van der Waals surface area contributed by atoms with Crippen molar-refractivity contribution in [2.75, 3.05) is 0 Å². The third-order valence-corrected chi connectivity index (χ3v) is 3.57. The molecule has 0 radical (unpaired) electrons. The normalized spacial score (nSPS) is 11.0. The molecule has 2 aromatic carbocycles. The lowest BCUT2D eigenvalue weighted by Gasteiger charge is -2.06. The van der Waals surface area contributed by atoms with Crippen molar-refractivity contribution in [3.63, 3.8) is 0 Å². The molecule has 0 saturated heterocycles. The van der Waals surface area contributed by atoms with Crippen LogP contribution in [-0.2, 0) is 0 Å². The van der Waals surface area contributed by atoms with Gasteiger partial charge in [-0.15, -0.1) is 0 Å². The molecule has 0 unspecified atom stereocenters. The van der Waals surface area contributed by atoms with E-state index in [0.717, 1.165) is 16.6 Å². The second-order valence-electron chi connectivity index (χ2n) is 4.12. The molecular weight excluding hydrogens is 350 g/mol. The van der Waals surface area contributed by atoms with Crippen LogP contribution >= 0.6 is 27.5 Å². The minimum Gasteiger partial charge on any atom is -0.228 e. The van der Waals surface area contributed by atoms with Gasteiger partial charge in [-0.25, -0.2) is 18.7 Å². The van der Waals surface area contributed by atoms with Crippen LogP contribution in [0.4, 0.5) is 8.78 Å². The van der Waals surface area contributed by atoms with Crippen LogP contribution in [0.25, 0.3) is 22.3 Å². The third-order valence-electron chi connectivity index (χ3n) is 2.78. The van der Waals surface area contributed by atoms with Gasteiger partial charge >= 0.3 is 0 Å². The van der Waals surface area contributed by atoms with Crippen molar-refractivity contribution >= 4 is 38.4 Å². The lowest BCUT2D eigenvalue weighted by Crippen LogP contribution is -1.95. The van der Waals surface area contributed by atoms with E-state index in [-0.39, 0.29) is 16.5 Å². The highest BCUT2D eigenvalue weighted by Gasteiger charge is 2.12. The molecule has 2 nitrogen and oxygen atoms in total. The Bertz CT molecular complexity index is 824. The molecule has 0 aliphatic rings. The number of rotatable bonds is 1. The maximum Gasteiger partial charge on any atom is 0.164 e. The van der Waals surface area contributed by atoms with Gasteiger partial charge in [-0.05, 0) is 30.3 Å². The molecular formula is C14H6BrClF2N2. The molecule has 0 bridgehead atoms. The molecule has 3 aromatic rings. The summed E-state index contributed by atoms with van der Waals surface area (Å²) in [6, 6.07) is 8.58. The van der Waals surface area contributed by atoms with Crippen LogP contribution in [0.1, 0.15) is 0 Å². The average molecular weight is 356 g/mol. The van der Waals surface area contributed by atoms with E-state index >= 15 is 0 Å². The molecule has 0 spiro atoms. The molecule has 1 aromatic heterocycles. The summed E-state index contributed by atoms with van der Waals surface area (Å²) in [6.45, 7) is 0. The fourth-order valence-electron chi connectivity index (χ4n) is 1.86. The van der Waals surface area contributed by atoms with Crippen molar-refractivity contribution in [3.8, 4) is 11.4 Å². The predicted octanol–water partition coefficient (Wildman–Crippen LogP) is 4.99. The van der Waals surface area contributed by atoms with Gasteiger partial charge in [0.05, 0.1) is 11.1 Å². The molecule has 0 N–H and O–H groups in total. The van der Waals surface area contributed by atoms with E-state index in [9.17, 15) is 8.78 Å². The summed E-state index contributed by atoms with van der Waals surface area (Å²) in [5.74, 6) is -1.26. The van der Waals surface area contributed by atoms with Crippen molar-refractivity contribution in [2.45, 2.75) is 0 Å². The van der Waals surface area contributed by atoms with E-state index in [1.165, 1.54) is 6.07 Å². The first-order valence-corrected chi connectivity index (χ1v) is 6.80. The zero-order valence-corrected chi connectivity index (χ0v) is 12.2. The Kier molecular flexibility index (Phi) is 3.40. The van der Waals surface area contributed by atoms with Gasteiger partial charge < -0.3 is 0 Å². The Labute approximate surface area is 126 Å². The Balaban J connectivity index is 2.26.